The van der Waals surface area contributed by atoms with Gasteiger partial charge in [-0.25, -0.2) is 4.98 Å². The molecule has 0 unspecified atom stereocenters. The summed E-state index contributed by atoms with van der Waals surface area (Å²) in [4.78, 5) is 18.6. The Morgan fingerprint density at radius 2 is 2.28 bits per heavy atom. The Morgan fingerprint density at radius 1 is 1.44 bits per heavy atom. The molecule has 1 amide bonds. The van der Waals surface area contributed by atoms with Crippen LogP contribution in [0.1, 0.15) is 31.1 Å². The van der Waals surface area contributed by atoms with Gasteiger partial charge in [0.15, 0.2) is 0 Å². The second-order valence-electron chi connectivity index (χ2n) is 6.75. The van der Waals surface area contributed by atoms with Gasteiger partial charge in [-0.3, -0.25) is 19.5 Å². The fourth-order valence-corrected chi connectivity index (χ4v) is 3.57. The van der Waals surface area contributed by atoms with Crippen LogP contribution in [0.2, 0.25) is 0 Å². The predicted octanol–water partition coefficient (Wildman–Crippen LogP) is 1.19. The number of fused-ring (bicyclic) bond motifs is 1. The van der Waals surface area contributed by atoms with Crippen LogP contribution in [0.3, 0.4) is 0 Å². The zero-order valence-electron chi connectivity index (χ0n) is 14.9. The number of amides is 1. The molecular weight excluding hydrogens is 338 g/mol. The number of carbonyl (C=O) groups is 1. The first-order chi connectivity index (χ1) is 12.0. The third-order valence-electron chi connectivity index (χ3n) is 3.93. The molecule has 2 aromatic heterocycles. The van der Waals surface area contributed by atoms with E-state index < -0.39 is 0 Å². The van der Waals surface area contributed by atoms with E-state index in [0.717, 1.165) is 37.7 Å². The van der Waals surface area contributed by atoms with E-state index in [-0.39, 0.29) is 5.91 Å². The summed E-state index contributed by atoms with van der Waals surface area (Å²) in [6, 6.07) is 2.10. The number of aromatic amines is 1. The van der Waals surface area contributed by atoms with Crippen molar-refractivity contribution in [2.45, 2.75) is 45.6 Å². The van der Waals surface area contributed by atoms with Crippen molar-refractivity contribution in [2.24, 2.45) is 5.92 Å². The third kappa shape index (κ3) is 5.05. The molecule has 8 nitrogen and oxygen atoms in total. The standard InChI is InChI=1S/C16H25N7OS/c1-11(2)8-22-4-5-23-14(9-22)6-13(21-23)7-17-15(24)10-25-16-18-12(3)19-20-16/h6,11H,4-5,7-10H2,1-3H3,(H,17,24)(H,18,19,20). The molecule has 0 saturated carbocycles. The lowest BCUT2D eigenvalue weighted by atomic mass is 10.2. The number of H-pyrrole nitrogens is 1. The minimum absolute atomic E-state index is 0.0418. The number of hydrogen-bond acceptors (Lipinski definition) is 6. The second kappa shape index (κ2) is 8.01. The summed E-state index contributed by atoms with van der Waals surface area (Å²) in [5.74, 6) is 1.67. The second-order valence-corrected chi connectivity index (χ2v) is 7.69. The van der Waals surface area contributed by atoms with Crippen molar-refractivity contribution in [2.75, 3.05) is 18.8 Å². The molecule has 0 radical (unpaired) electrons. The van der Waals surface area contributed by atoms with Crippen molar-refractivity contribution >= 4 is 17.7 Å². The monoisotopic (exact) mass is 363 g/mol. The summed E-state index contributed by atoms with van der Waals surface area (Å²) >= 11 is 1.32. The summed E-state index contributed by atoms with van der Waals surface area (Å²) in [6.45, 7) is 10.8. The van der Waals surface area contributed by atoms with Crippen molar-refractivity contribution in [1.82, 2.24) is 35.2 Å². The number of hydrogen-bond donors (Lipinski definition) is 2. The number of carbonyl (C=O) groups excluding carboxylic acids is 1. The van der Waals surface area contributed by atoms with Gasteiger partial charge in [0.25, 0.3) is 0 Å². The zero-order chi connectivity index (χ0) is 17.8. The number of nitrogens with one attached hydrogen (secondary N) is 2. The minimum Gasteiger partial charge on any atom is -0.350 e. The molecule has 3 heterocycles. The third-order valence-corrected chi connectivity index (χ3v) is 4.77. The van der Waals surface area contributed by atoms with Gasteiger partial charge >= 0.3 is 0 Å². The summed E-state index contributed by atoms with van der Waals surface area (Å²) < 4.78 is 2.06. The average Bonchev–Trinajstić information content (AvgIpc) is 3.15. The molecule has 9 heteroatoms. The predicted molar refractivity (Wildman–Crippen MR) is 96.0 cm³/mol. The average molecular weight is 363 g/mol. The minimum atomic E-state index is -0.0418. The van der Waals surface area contributed by atoms with Gasteiger partial charge in [-0.05, 0) is 18.9 Å². The van der Waals surface area contributed by atoms with Crippen LogP contribution < -0.4 is 5.32 Å². The maximum absolute atomic E-state index is 12.0. The Kier molecular flexibility index (Phi) is 5.74. The number of nitrogens with zero attached hydrogens (tertiary/aromatic N) is 5. The normalized spacial score (nSPS) is 14.7. The van der Waals surface area contributed by atoms with E-state index in [0.29, 0.717) is 23.4 Å². The molecule has 0 spiro atoms. The topological polar surface area (TPSA) is 91.7 Å². The van der Waals surface area contributed by atoms with Crippen LogP contribution in [0, 0.1) is 12.8 Å². The lowest BCUT2D eigenvalue weighted by molar-refractivity contribution is -0.118. The van der Waals surface area contributed by atoms with Crippen LogP contribution in [0.4, 0.5) is 0 Å². The summed E-state index contributed by atoms with van der Waals surface area (Å²) in [6.07, 6.45) is 0. The molecule has 1 aliphatic heterocycles. The van der Waals surface area contributed by atoms with Crippen molar-refractivity contribution < 1.29 is 4.79 Å². The smallest absolute Gasteiger partial charge is 0.230 e. The first-order valence-electron chi connectivity index (χ1n) is 8.56. The first-order valence-corrected chi connectivity index (χ1v) is 9.54. The molecule has 0 atom stereocenters. The molecule has 3 rings (SSSR count). The van der Waals surface area contributed by atoms with E-state index in [1.165, 1.54) is 17.5 Å². The van der Waals surface area contributed by atoms with Gasteiger partial charge in [-0.1, -0.05) is 25.6 Å². The Hall–Kier alpha value is -1.87. The fraction of sp³-hybridized carbons (Fsp3) is 0.625. The molecule has 0 aliphatic carbocycles. The largest absolute Gasteiger partial charge is 0.350 e. The molecule has 0 fully saturated rings. The van der Waals surface area contributed by atoms with Crippen LogP contribution >= 0.6 is 11.8 Å². The Morgan fingerprint density at radius 3 is 3.00 bits per heavy atom. The lowest BCUT2D eigenvalue weighted by Gasteiger charge is -2.28. The van der Waals surface area contributed by atoms with Crippen LogP contribution in [0.25, 0.3) is 0 Å². The molecule has 136 valence electrons. The van der Waals surface area contributed by atoms with Crippen LogP contribution in [-0.2, 0) is 24.4 Å². The highest BCUT2D eigenvalue weighted by Gasteiger charge is 2.19. The zero-order valence-corrected chi connectivity index (χ0v) is 15.8. The molecule has 2 aromatic rings. The van der Waals surface area contributed by atoms with E-state index in [4.69, 9.17) is 0 Å². The Labute approximate surface area is 151 Å². The van der Waals surface area contributed by atoms with Gasteiger partial charge in [0, 0.05) is 19.6 Å². The van der Waals surface area contributed by atoms with Crippen LogP contribution in [0.15, 0.2) is 11.2 Å². The number of aromatic nitrogens is 5. The van der Waals surface area contributed by atoms with E-state index in [2.05, 4.69) is 55.1 Å². The highest BCUT2D eigenvalue weighted by Crippen LogP contribution is 2.15. The lowest BCUT2D eigenvalue weighted by Crippen LogP contribution is -2.36. The molecule has 0 aromatic carbocycles. The molecule has 2 N–H and O–H groups in total. The van der Waals surface area contributed by atoms with E-state index >= 15 is 0 Å². The van der Waals surface area contributed by atoms with Crippen molar-refractivity contribution in [3.05, 3.63) is 23.3 Å². The van der Waals surface area contributed by atoms with E-state index in [1.807, 2.05) is 6.92 Å². The summed E-state index contributed by atoms with van der Waals surface area (Å²) in [7, 11) is 0. The number of aryl methyl sites for hydroxylation is 1. The fourth-order valence-electron chi connectivity index (χ4n) is 2.90. The van der Waals surface area contributed by atoms with Gasteiger partial charge in [0.05, 0.1) is 30.2 Å². The first kappa shape index (κ1) is 17.9. The van der Waals surface area contributed by atoms with E-state index in [1.54, 1.807) is 0 Å². The van der Waals surface area contributed by atoms with Crippen molar-refractivity contribution in [3.8, 4) is 0 Å². The van der Waals surface area contributed by atoms with Gasteiger partial charge in [0.1, 0.15) is 5.82 Å². The van der Waals surface area contributed by atoms with Crippen molar-refractivity contribution in [3.63, 3.8) is 0 Å². The summed E-state index contributed by atoms with van der Waals surface area (Å²) in [5, 5.41) is 14.9. The highest BCUT2D eigenvalue weighted by atomic mass is 32.2. The van der Waals surface area contributed by atoms with Crippen LogP contribution in [0.5, 0.6) is 0 Å². The van der Waals surface area contributed by atoms with E-state index in [9.17, 15) is 4.79 Å². The molecular formula is C16H25N7OS. The quantitative estimate of drug-likeness (QED) is 0.718. The van der Waals surface area contributed by atoms with Crippen LogP contribution in [-0.4, -0.2) is 54.6 Å². The van der Waals surface area contributed by atoms with Crippen molar-refractivity contribution in [1.29, 1.82) is 0 Å². The number of thioether (sulfide) groups is 1. The maximum atomic E-state index is 12.0. The van der Waals surface area contributed by atoms with Gasteiger partial charge in [-0.15, -0.1) is 5.10 Å². The molecule has 1 aliphatic rings. The molecule has 0 bridgehead atoms. The summed E-state index contributed by atoms with van der Waals surface area (Å²) in [5.41, 5.74) is 2.13. The van der Waals surface area contributed by atoms with Gasteiger partial charge in [-0.2, -0.15) is 5.10 Å². The Balaban J connectivity index is 1.46. The van der Waals surface area contributed by atoms with Gasteiger partial charge < -0.3 is 5.32 Å². The molecule has 25 heavy (non-hydrogen) atoms. The maximum Gasteiger partial charge on any atom is 0.230 e. The SMILES string of the molecule is Cc1nc(SCC(=O)NCc2cc3n(n2)CCN(CC(C)C)C3)n[nH]1. The van der Waals surface area contributed by atoms with Gasteiger partial charge in [0.2, 0.25) is 11.1 Å². The molecule has 0 saturated heterocycles. The Bertz CT molecular complexity index is 724. The number of rotatable bonds is 7. The highest BCUT2D eigenvalue weighted by molar-refractivity contribution is 7.99.